The Morgan fingerprint density at radius 3 is 2.53 bits per heavy atom. The Bertz CT molecular complexity index is 1170. The number of benzene rings is 2. The molecule has 0 aliphatic rings. The van der Waals surface area contributed by atoms with Crippen LogP contribution in [-0.4, -0.2) is 31.6 Å². The third kappa shape index (κ3) is 4.60. The van der Waals surface area contributed by atoms with Crippen molar-refractivity contribution in [1.29, 1.82) is 0 Å². The number of methoxy groups -OCH3 is 1. The number of nitrogens with zero attached hydrogens (tertiary/aromatic N) is 2. The Labute approximate surface area is 174 Å². The standard InChI is InChI=1S/C20H22N4O5S/c1-13-21-19(23-29-13)20(2,3)22-18(25)14-8-7-9-15(12-14)30(26,27)24-16-10-5-6-11-17(16)28-4/h5-12,24H,1-4H3,(H,22,25). The van der Waals surface area contributed by atoms with Crippen LogP contribution < -0.4 is 14.8 Å². The van der Waals surface area contributed by atoms with Gasteiger partial charge in [-0.2, -0.15) is 4.98 Å². The number of para-hydroxylation sites is 2. The molecule has 0 fully saturated rings. The molecule has 0 aliphatic heterocycles. The summed E-state index contributed by atoms with van der Waals surface area (Å²) in [4.78, 5) is 16.8. The highest BCUT2D eigenvalue weighted by Gasteiger charge is 2.29. The van der Waals surface area contributed by atoms with Crippen LogP contribution in [-0.2, 0) is 15.6 Å². The predicted octanol–water partition coefficient (Wildman–Crippen LogP) is 2.85. The molecule has 10 heteroatoms. The molecular formula is C20H22N4O5S. The first-order chi connectivity index (χ1) is 14.1. The molecule has 2 aromatic carbocycles. The average molecular weight is 430 g/mol. The van der Waals surface area contributed by atoms with E-state index in [1.807, 2.05) is 0 Å². The highest BCUT2D eigenvalue weighted by atomic mass is 32.2. The van der Waals surface area contributed by atoms with Crippen molar-refractivity contribution in [2.45, 2.75) is 31.2 Å². The van der Waals surface area contributed by atoms with Gasteiger partial charge in [0.05, 0.1) is 23.2 Å². The molecule has 158 valence electrons. The van der Waals surface area contributed by atoms with E-state index >= 15 is 0 Å². The van der Waals surface area contributed by atoms with Crippen LogP contribution in [0.2, 0.25) is 0 Å². The molecule has 0 radical (unpaired) electrons. The second kappa shape index (κ2) is 8.15. The van der Waals surface area contributed by atoms with Crippen LogP contribution in [0.15, 0.2) is 57.9 Å². The number of aryl methyl sites for hydroxylation is 1. The smallest absolute Gasteiger partial charge is 0.262 e. The van der Waals surface area contributed by atoms with Crippen molar-refractivity contribution in [2.24, 2.45) is 0 Å². The Hall–Kier alpha value is -3.40. The van der Waals surface area contributed by atoms with E-state index in [2.05, 4.69) is 20.2 Å². The van der Waals surface area contributed by atoms with Gasteiger partial charge in [0, 0.05) is 12.5 Å². The molecule has 0 atom stereocenters. The van der Waals surface area contributed by atoms with Crippen LogP contribution >= 0.6 is 0 Å². The molecule has 0 saturated carbocycles. The minimum atomic E-state index is -3.94. The summed E-state index contributed by atoms with van der Waals surface area (Å²) in [7, 11) is -2.49. The summed E-state index contributed by atoms with van der Waals surface area (Å²) in [5, 5.41) is 6.63. The quantitative estimate of drug-likeness (QED) is 0.591. The largest absolute Gasteiger partial charge is 0.495 e. The molecule has 0 spiro atoms. The van der Waals surface area contributed by atoms with Gasteiger partial charge in [0.2, 0.25) is 5.89 Å². The lowest BCUT2D eigenvalue weighted by Crippen LogP contribution is -2.41. The molecule has 9 nitrogen and oxygen atoms in total. The number of hydrogen-bond donors (Lipinski definition) is 2. The molecule has 3 aromatic rings. The van der Waals surface area contributed by atoms with Gasteiger partial charge in [-0.1, -0.05) is 23.4 Å². The first kappa shape index (κ1) is 21.3. The van der Waals surface area contributed by atoms with Gasteiger partial charge in [-0.05, 0) is 44.2 Å². The summed E-state index contributed by atoms with van der Waals surface area (Å²) in [5.74, 6) is 0.599. The normalized spacial score (nSPS) is 11.7. The number of nitrogens with one attached hydrogen (secondary N) is 2. The Morgan fingerprint density at radius 1 is 1.13 bits per heavy atom. The fourth-order valence-electron chi connectivity index (χ4n) is 2.70. The predicted molar refractivity (Wildman–Crippen MR) is 110 cm³/mol. The van der Waals surface area contributed by atoms with E-state index in [9.17, 15) is 13.2 Å². The van der Waals surface area contributed by atoms with E-state index < -0.39 is 21.5 Å². The molecule has 30 heavy (non-hydrogen) atoms. The maximum Gasteiger partial charge on any atom is 0.262 e. The summed E-state index contributed by atoms with van der Waals surface area (Å²) in [6, 6.07) is 12.4. The van der Waals surface area contributed by atoms with Crippen molar-refractivity contribution in [2.75, 3.05) is 11.8 Å². The molecule has 1 aromatic heterocycles. The number of anilines is 1. The van der Waals surface area contributed by atoms with Crippen molar-refractivity contribution in [3.63, 3.8) is 0 Å². The number of carbonyl (C=O) groups excluding carboxylic acids is 1. The summed E-state index contributed by atoms with van der Waals surface area (Å²) in [6.45, 7) is 5.09. The SMILES string of the molecule is COc1ccccc1NS(=O)(=O)c1cccc(C(=O)NC(C)(C)c2noc(C)n2)c1. The third-order valence-electron chi connectivity index (χ3n) is 4.27. The topological polar surface area (TPSA) is 123 Å². The van der Waals surface area contributed by atoms with Gasteiger partial charge in [-0.3, -0.25) is 9.52 Å². The van der Waals surface area contributed by atoms with E-state index in [4.69, 9.17) is 9.26 Å². The molecule has 0 unspecified atom stereocenters. The monoisotopic (exact) mass is 430 g/mol. The lowest BCUT2D eigenvalue weighted by Gasteiger charge is -2.22. The fraction of sp³-hybridized carbons (Fsp3) is 0.250. The van der Waals surface area contributed by atoms with Crippen LogP contribution in [0.4, 0.5) is 5.69 Å². The number of hydrogen-bond acceptors (Lipinski definition) is 7. The van der Waals surface area contributed by atoms with Crippen molar-refractivity contribution < 1.29 is 22.5 Å². The van der Waals surface area contributed by atoms with Gasteiger partial charge < -0.3 is 14.6 Å². The number of rotatable bonds is 7. The molecular weight excluding hydrogens is 408 g/mol. The van der Waals surface area contributed by atoms with E-state index in [0.717, 1.165) is 0 Å². The zero-order chi connectivity index (χ0) is 21.9. The maximum atomic E-state index is 12.8. The Balaban J connectivity index is 1.83. The summed E-state index contributed by atoms with van der Waals surface area (Å²) < 4.78 is 38.3. The minimum absolute atomic E-state index is 0.0609. The van der Waals surface area contributed by atoms with Crippen LogP contribution in [0.25, 0.3) is 0 Å². The van der Waals surface area contributed by atoms with Gasteiger partial charge in [-0.25, -0.2) is 8.42 Å². The molecule has 3 rings (SSSR count). The number of sulfonamides is 1. The molecule has 1 heterocycles. The zero-order valence-corrected chi connectivity index (χ0v) is 17.8. The number of ether oxygens (including phenoxy) is 1. The second-order valence-corrected chi connectivity index (χ2v) is 8.73. The summed E-state index contributed by atoms with van der Waals surface area (Å²) in [5.41, 5.74) is -0.450. The lowest BCUT2D eigenvalue weighted by atomic mass is 10.0. The van der Waals surface area contributed by atoms with Crippen molar-refractivity contribution >= 4 is 21.6 Å². The molecule has 1 amide bonds. The molecule has 0 saturated heterocycles. The van der Waals surface area contributed by atoms with Crippen LogP contribution in [0.5, 0.6) is 5.75 Å². The van der Waals surface area contributed by atoms with Gasteiger partial charge in [0.15, 0.2) is 5.82 Å². The molecule has 0 bridgehead atoms. The van der Waals surface area contributed by atoms with E-state index in [-0.39, 0.29) is 10.5 Å². The van der Waals surface area contributed by atoms with Crippen molar-refractivity contribution in [1.82, 2.24) is 15.5 Å². The Morgan fingerprint density at radius 2 is 1.87 bits per heavy atom. The van der Waals surface area contributed by atoms with Gasteiger partial charge >= 0.3 is 0 Å². The Kier molecular flexibility index (Phi) is 5.79. The van der Waals surface area contributed by atoms with Crippen molar-refractivity contribution in [3.05, 3.63) is 65.8 Å². The third-order valence-corrected chi connectivity index (χ3v) is 5.63. The second-order valence-electron chi connectivity index (χ2n) is 7.05. The summed E-state index contributed by atoms with van der Waals surface area (Å²) >= 11 is 0. The van der Waals surface area contributed by atoms with Gasteiger partial charge in [0.25, 0.3) is 15.9 Å². The van der Waals surface area contributed by atoms with E-state index in [1.165, 1.54) is 31.4 Å². The molecule has 2 N–H and O–H groups in total. The number of amides is 1. The fourth-order valence-corrected chi connectivity index (χ4v) is 3.82. The highest BCUT2D eigenvalue weighted by Crippen LogP contribution is 2.26. The van der Waals surface area contributed by atoms with E-state index in [1.54, 1.807) is 45.0 Å². The summed E-state index contributed by atoms with van der Waals surface area (Å²) in [6.07, 6.45) is 0. The van der Waals surface area contributed by atoms with Crippen molar-refractivity contribution in [3.8, 4) is 5.75 Å². The highest BCUT2D eigenvalue weighted by molar-refractivity contribution is 7.92. The lowest BCUT2D eigenvalue weighted by molar-refractivity contribution is 0.0907. The van der Waals surface area contributed by atoms with Crippen LogP contribution in [0, 0.1) is 6.92 Å². The van der Waals surface area contributed by atoms with Gasteiger partial charge in [0.1, 0.15) is 5.75 Å². The van der Waals surface area contributed by atoms with Crippen LogP contribution in [0.1, 0.15) is 35.9 Å². The first-order valence-electron chi connectivity index (χ1n) is 9.01. The number of aromatic nitrogens is 2. The zero-order valence-electron chi connectivity index (χ0n) is 17.0. The van der Waals surface area contributed by atoms with Crippen LogP contribution in [0.3, 0.4) is 0 Å². The molecule has 0 aliphatic carbocycles. The maximum absolute atomic E-state index is 12.8. The van der Waals surface area contributed by atoms with Gasteiger partial charge in [-0.15, -0.1) is 0 Å². The first-order valence-corrected chi connectivity index (χ1v) is 10.5. The average Bonchev–Trinajstić information content (AvgIpc) is 3.15. The number of carbonyl (C=O) groups is 1. The van der Waals surface area contributed by atoms with E-state index in [0.29, 0.717) is 23.2 Å². The minimum Gasteiger partial charge on any atom is -0.495 e.